The van der Waals surface area contributed by atoms with Crippen LogP contribution in [0.5, 0.6) is 0 Å². The molecule has 0 amide bonds. The van der Waals surface area contributed by atoms with Crippen LogP contribution in [0.2, 0.25) is 236 Å². The Labute approximate surface area is 391 Å². The summed E-state index contributed by atoms with van der Waals surface area (Å²) < 4.78 is 62.8. The van der Waals surface area contributed by atoms with E-state index >= 15 is 0 Å². The Morgan fingerprint density at radius 3 is 0.383 bits per heavy atom. The fraction of sp³-hybridized carbons (Fsp3) is 1.00. The molecule has 0 aromatic carbocycles. The monoisotopic (exact) mass is 1090 g/mol. The van der Waals surface area contributed by atoms with E-state index in [4.69, 9.17) is 41.2 Å². The molecule has 0 atom stereocenters. The molecule has 0 saturated carbocycles. The zero-order valence-corrected chi connectivity index (χ0v) is 61.1. The molecule has 0 bridgehead atoms. The molecular formula is C36H108O10Si14. The largest absolute Gasteiger partial charge is 0.636 e. The van der Waals surface area contributed by atoms with E-state index in [1.807, 2.05) is 0 Å². The summed E-state index contributed by atoms with van der Waals surface area (Å²) in [5, 5.41) is 0. The lowest BCUT2D eigenvalue weighted by atomic mass is 11.8. The first-order chi connectivity index (χ1) is 25.1. The zero-order chi connectivity index (χ0) is 50.1. The van der Waals surface area contributed by atoms with Gasteiger partial charge in [0.15, 0.2) is 91.5 Å². The molecule has 24 heteroatoms. The topological polar surface area (TPSA) is 92.3 Å². The third kappa shape index (κ3) is 55.0. The molecule has 60 heavy (non-hydrogen) atoms. The molecule has 0 aliphatic carbocycles. The van der Waals surface area contributed by atoms with Gasteiger partial charge in [-0.15, -0.1) is 0 Å². The van der Waals surface area contributed by atoms with Crippen molar-refractivity contribution in [3.8, 4) is 0 Å². The van der Waals surface area contributed by atoms with Crippen molar-refractivity contribution in [2.75, 3.05) is 0 Å². The fourth-order valence-corrected chi connectivity index (χ4v) is 55.7. The highest BCUT2D eigenvalue weighted by molar-refractivity contribution is 6.92. The van der Waals surface area contributed by atoms with E-state index in [0.717, 1.165) is 0 Å². The summed E-state index contributed by atoms with van der Waals surface area (Å²) in [6, 6.07) is 0. The van der Waals surface area contributed by atoms with Crippen molar-refractivity contribution in [1.29, 1.82) is 0 Å². The molecule has 0 spiro atoms. The van der Waals surface area contributed by atoms with Gasteiger partial charge in [-0.3, -0.25) is 0 Å². The molecule has 0 aromatic rings. The van der Waals surface area contributed by atoms with E-state index in [-0.39, 0.29) is 0 Å². The molecule has 0 saturated heterocycles. The molecule has 368 valence electrons. The molecule has 10 nitrogen and oxygen atoms in total. The van der Waals surface area contributed by atoms with E-state index in [0.29, 0.717) is 0 Å². The van der Waals surface area contributed by atoms with Gasteiger partial charge in [0.2, 0.25) is 0 Å². The van der Waals surface area contributed by atoms with Gasteiger partial charge in [0.1, 0.15) is 0 Å². The predicted molar refractivity (Wildman–Crippen MR) is 303 cm³/mol. The molecule has 0 aromatic heterocycles. The SMILES string of the molecule is C[Si](C)(C)O[Si](C)(C)C.C[Si](C)(C)O[Si](C)(C)O[Si](C)(C)C.C[Si](C)(C)O[Si](C)(O[Si](C)(C)C)O[Si](C)(C)C.C[Si](C)(C)O[Si](O[Si](C)(C)C)(O[Si](C)(C)C)O[Si](C)(C)C. The van der Waals surface area contributed by atoms with Crippen LogP contribution in [0.4, 0.5) is 0 Å². The highest BCUT2D eigenvalue weighted by atomic mass is 28.5. The summed E-state index contributed by atoms with van der Waals surface area (Å²) in [7, 11) is -25.0. The van der Waals surface area contributed by atoms with Gasteiger partial charge < -0.3 is 41.2 Å². The number of hydrogen-bond donors (Lipinski definition) is 0. The van der Waals surface area contributed by atoms with Gasteiger partial charge in [-0.2, -0.15) is 0 Å². The van der Waals surface area contributed by atoms with Gasteiger partial charge in [-0.25, -0.2) is 0 Å². The summed E-state index contributed by atoms with van der Waals surface area (Å²) in [5.74, 6) is 0. The molecule has 0 aliphatic heterocycles. The lowest BCUT2D eigenvalue weighted by Crippen LogP contribution is -2.65. The van der Waals surface area contributed by atoms with Crippen molar-refractivity contribution in [2.24, 2.45) is 0 Å². The first-order valence-corrected chi connectivity index (χ1v) is 66.2. The van der Waals surface area contributed by atoms with Gasteiger partial charge in [0.05, 0.1) is 0 Å². The van der Waals surface area contributed by atoms with Crippen molar-refractivity contribution in [1.82, 2.24) is 0 Å². The van der Waals surface area contributed by atoms with Gasteiger partial charge in [0.25, 0.3) is 0 Å². The van der Waals surface area contributed by atoms with Gasteiger partial charge in [0, 0.05) is 6.55 Å². The molecular weight excluding hydrogens is 986 g/mol. The Kier molecular flexibility index (Phi) is 28.0. The summed E-state index contributed by atoms with van der Waals surface area (Å²) >= 11 is 0. The van der Waals surface area contributed by atoms with Gasteiger partial charge in [-0.1, -0.05) is 0 Å². The van der Waals surface area contributed by atoms with Crippen LogP contribution >= 0.6 is 0 Å². The van der Waals surface area contributed by atoms with E-state index in [9.17, 15) is 0 Å². The van der Waals surface area contributed by atoms with Crippen LogP contribution < -0.4 is 0 Å². The molecule has 0 N–H and O–H groups in total. The quantitative estimate of drug-likeness (QED) is 0.110. The van der Waals surface area contributed by atoms with E-state index < -0.39 is 118 Å². The smallest absolute Gasteiger partial charge is 0.456 e. The second-order valence-corrected chi connectivity index (χ2v) is 87.2. The average molecular weight is 1090 g/mol. The summed E-state index contributed by atoms with van der Waals surface area (Å²) in [5.41, 5.74) is 0. The van der Waals surface area contributed by atoms with Crippen LogP contribution in [0.25, 0.3) is 0 Å². The standard InChI is InChI=1S/C12H36O4Si5.C10H30O3Si4.C8H24O2Si3.C6H18OSi2/c1-17(2,3)13-21(14-18(4,5)6,15-19(7,8)9)16-20(10,11)12;1-14(2,3)11-17(10,12-15(4,5)6)13-16(7,8)9;1-11(2,3)9-13(7,8)10-12(4,5)6;1-8(2,3)7-9(4,5)6/h1-12H3;1-10H3;1-8H3;1-6H3. The molecule has 0 unspecified atom stereocenters. The number of rotatable bonds is 20. The summed E-state index contributed by atoms with van der Waals surface area (Å²) in [6.45, 7) is 78.9. The van der Waals surface area contributed by atoms with Crippen LogP contribution in [0, 0.1) is 0 Å². The van der Waals surface area contributed by atoms with Crippen molar-refractivity contribution >= 4 is 118 Å². The molecule has 0 heterocycles. The van der Waals surface area contributed by atoms with Gasteiger partial charge in [-0.05, 0) is 229 Å². The maximum atomic E-state index is 6.47. The minimum atomic E-state index is -3.09. The minimum Gasteiger partial charge on any atom is -0.456 e. The van der Waals surface area contributed by atoms with E-state index in [1.165, 1.54) is 0 Å². The Morgan fingerprint density at radius 2 is 0.283 bits per heavy atom. The first-order valence-electron chi connectivity index (χ1n) is 22.1. The second kappa shape index (κ2) is 24.3. The van der Waals surface area contributed by atoms with Crippen LogP contribution in [0.15, 0.2) is 0 Å². The normalized spacial score (nSPS) is 15.0. The zero-order valence-electron chi connectivity index (χ0n) is 47.1. The lowest BCUT2D eigenvalue weighted by Gasteiger charge is -2.43. The van der Waals surface area contributed by atoms with Crippen molar-refractivity contribution < 1.29 is 41.2 Å². The molecule has 0 aliphatic rings. The Hall–Kier alpha value is 2.64. The molecule has 0 fully saturated rings. The van der Waals surface area contributed by atoms with Crippen LogP contribution in [-0.2, 0) is 41.2 Å². The van der Waals surface area contributed by atoms with Crippen molar-refractivity contribution in [3.05, 3.63) is 0 Å². The highest BCUT2D eigenvalue weighted by Crippen LogP contribution is 2.30. The third-order valence-corrected chi connectivity index (χ3v) is 44.2. The van der Waals surface area contributed by atoms with E-state index in [2.05, 4.69) is 236 Å². The van der Waals surface area contributed by atoms with Gasteiger partial charge >= 0.3 is 26.4 Å². The summed E-state index contributed by atoms with van der Waals surface area (Å²) in [4.78, 5) is 0. The summed E-state index contributed by atoms with van der Waals surface area (Å²) in [6.07, 6.45) is 0. The Morgan fingerprint density at radius 1 is 0.150 bits per heavy atom. The average Bonchev–Trinajstić information content (AvgIpc) is 2.63. The predicted octanol–water partition coefficient (Wildman–Crippen LogP) is 15.0. The first kappa shape index (κ1) is 69.2. The van der Waals surface area contributed by atoms with Crippen molar-refractivity contribution in [2.45, 2.75) is 236 Å². The van der Waals surface area contributed by atoms with E-state index in [1.54, 1.807) is 0 Å². The van der Waals surface area contributed by atoms with Crippen LogP contribution in [0.1, 0.15) is 0 Å². The minimum absolute atomic E-state index is 1.23. The molecule has 0 rings (SSSR count). The van der Waals surface area contributed by atoms with Crippen LogP contribution in [-0.4, -0.2) is 118 Å². The van der Waals surface area contributed by atoms with Crippen LogP contribution in [0.3, 0.4) is 0 Å². The number of hydrogen-bond acceptors (Lipinski definition) is 10. The second-order valence-electron chi connectivity index (χ2n) is 27.0. The highest BCUT2D eigenvalue weighted by Gasteiger charge is 2.55. The lowest BCUT2D eigenvalue weighted by molar-refractivity contribution is 0.149. The third-order valence-electron chi connectivity index (χ3n) is 4.92. The fourth-order valence-electron chi connectivity index (χ4n) is 5.77. The Bertz CT molecular complexity index is 1060. The maximum Gasteiger partial charge on any atom is 0.636 e. The maximum absolute atomic E-state index is 6.47. The molecule has 0 radical (unpaired) electrons. The van der Waals surface area contributed by atoms with Crippen molar-refractivity contribution in [3.63, 3.8) is 0 Å². The Balaban J connectivity index is -0.000000363.